The molecular formula is C13H20N2O3S. The van der Waals surface area contributed by atoms with Crippen LogP contribution in [-0.4, -0.2) is 38.3 Å². The van der Waals surface area contributed by atoms with Crippen LogP contribution in [0.4, 0.5) is 5.82 Å². The minimum atomic E-state index is -0.963. The maximum absolute atomic E-state index is 11.1. The van der Waals surface area contributed by atoms with Gasteiger partial charge in [-0.15, -0.1) is 0 Å². The highest BCUT2D eigenvalue weighted by Gasteiger charge is 2.11. The molecule has 0 spiro atoms. The van der Waals surface area contributed by atoms with Gasteiger partial charge >= 0.3 is 5.97 Å². The van der Waals surface area contributed by atoms with Crippen LogP contribution in [0, 0.1) is 0 Å². The first kappa shape index (κ1) is 15.6. The van der Waals surface area contributed by atoms with Crippen molar-refractivity contribution in [2.24, 2.45) is 0 Å². The number of carbonyl (C=O) groups is 1. The van der Waals surface area contributed by atoms with Crippen LogP contribution in [0.1, 0.15) is 36.3 Å². The van der Waals surface area contributed by atoms with Gasteiger partial charge in [0.1, 0.15) is 5.82 Å². The molecule has 0 fully saturated rings. The van der Waals surface area contributed by atoms with Gasteiger partial charge in [0.2, 0.25) is 0 Å². The minimum Gasteiger partial charge on any atom is -0.478 e. The molecule has 0 bridgehead atoms. The summed E-state index contributed by atoms with van der Waals surface area (Å²) in [4.78, 5) is 15.4. The Labute approximate surface area is 115 Å². The number of nitrogens with one attached hydrogen (secondary N) is 1. The number of hydrogen-bond donors (Lipinski definition) is 2. The Morgan fingerprint density at radius 2 is 2.21 bits per heavy atom. The Morgan fingerprint density at radius 1 is 1.53 bits per heavy atom. The van der Waals surface area contributed by atoms with Crippen LogP contribution in [0.3, 0.4) is 0 Å². The van der Waals surface area contributed by atoms with Crippen LogP contribution < -0.4 is 5.32 Å². The summed E-state index contributed by atoms with van der Waals surface area (Å²) >= 11 is 0. The van der Waals surface area contributed by atoms with Crippen LogP contribution >= 0.6 is 0 Å². The molecule has 106 valence electrons. The summed E-state index contributed by atoms with van der Waals surface area (Å²) in [5.41, 5.74) is 0.987. The highest BCUT2D eigenvalue weighted by molar-refractivity contribution is 7.84. The first-order valence-electron chi connectivity index (χ1n) is 6.23. The third-order valence-electron chi connectivity index (χ3n) is 2.51. The van der Waals surface area contributed by atoms with E-state index in [1.54, 1.807) is 12.3 Å². The predicted molar refractivity (Wildman–Crippen MR) is 77.2 cm³/mol. The number of aromatic nitrogens is 1. The number of hydrogen-bond acceptors (Lipinski definition) is 4. The quantitative estimate of drug-likeness (QED) is 0.799. The fourth-order valence-electron chi connectivity index (χ4n) is 1.82. The normalized spacial score (nSPS) is 13.8. The van der Waals surface area contributed by atoms with Crippen molar-refractivity contribution in [1.82, 2.24) is 4.98 Å². The number of carboxylic acids is 1. The van der Waals surface area contributed by atoms with Crippen molar-refractivity contribution in [3.05, 3.63) is 23.4 Å². The standard InChI is InChI=1S/C13H20N2O3S/c1-4-5-11-6-10(13(16)17)7-12(15-11)14-9(2)8-19(3)18/h6-7,9H,4-5,8H2,1-3H3,(H,14,15)(H,16,17). The van der Waals surface area contributed by atoms with Gasteiger partial charge in [0.25, 0.3) is 0 Å². The SMILES string of the molecule is CCCc1cc(C(=O)O)cc(NC(C)CS(C)=O)n1. The molecule has 0 saturated heterocycles. The van der Waals surface area contributed by atoms with Gasteiger partial charge in [-0.3, -0.25) is 4.21 Å². The molecule has 19 heavy (non-hydrogen) atoms. The zero-order valence-corrected chi connectivity index (χ0v) is 12.3. The number of nitrogens with zero attached hydrogens (tertiary/aromatic N) is 1. The van der Waals surface area contributed by atoms with Crippen molar-refractivity contribution >= 4 is 22.6 Å². The zero-order valence-electron chi connectivity index (χ0n) is 11.5. The monoisotopic (exact) mass is 284 g/mol. The van der Waals surface area contributed by atoms with E-state index in [0.29, 0.717) is 11.6 Å². The van der Waals surface area contributed by atoms with Crippen molar-refractivity contribution in [2.45, 2.75) is 32.7 Å². The highest BCUT2D eigenvalue weighted by Crippen LogP contribution is 2.13. The lowest BCUT2D eigenvalue weighted by molar-refractivity contribution is 0.0696. The van der Waals surface area contributed by atoms with E-state index < -0.39 is 16.8 Å². The summed E-state index contributed by atoms with van der Waals surface area (Å²) in [7, 11) is -0.899. The molecule has 2 N–H and O–H groups in total. The summed E-state index contributed by atoms with van der Waals surface area (Å²) in [6.07, 6.45) is 3.29. The molecule has 2 atom stereocenters. The van der Waals surface area contributed by atoms with Crippen molar-refractivity contribution in [3.8, 4) is 0 Å². The third-order valence-corrected chi connectivity index (χ3v) is 3.48. The molecule has 6 heteroatoms. The van der Waals surface area contributed by atoms with Gasteiger partial charge in [0, 0.05) is 34.5 Å². The van der Waals surface area contributed by atoms with E-state index in [2.05, 4.69) is 10.3 Å². The summed E-state index contributed by atoms with van der Waals surface area (Å²) in [5.74, 6) is 0.0677. The summed E-state index contributed by atoms with van der Waals surface area (Å²) in [5, 5.41) is 12.2. The smallest absolute Gasteiger partial charge is 0.335 e. The summed E-state index contributed by atoms with van der Waals surface area (Å²) in [6.45, 7) is 3.92. The highest BCUT2D eigenvalue weighted by atomic mass is 32.2. The van der Waals surface area contributed by atoms with Crippen LogP contribution in [0.5, 0.6) is 0 Å². The Morgan fingerprint density at radius 3 is 2.74 bits per heavy atom. The molecule has 0 radical (unpaired) electrons. The van der Waals surface area contributed by atoms with Gasteiger partial charge in [-0.2, -0.15) is 0 Å². The van der Waals surface area contributed by atoms with Crippen LogP contribution in [0.25, 0.3) is 0 Å². The van der Waals surface area contributed by atoms with E-state index in [-0.39, 0.29) is 11.6 Å². The second-order valence-electron chi connectivity index (χ2n) is 4.57. The fourth-order valence-corrected chi connectivity index (χ4v) is 2.60. The van der Waals surface area contributed by atoms with E-state index in [1.165, 1.54) is 6.07 Å². The molecule has 1 heterocycles. The molecule has 1 aromatic rings. The number of pyridine rings is 1. The molecule has 0 saturated carbocycles. The molecule has 0 aliphatic heterocycles. The number of aromatic carboxylic acids is 1. The Balaban J connectivity index is 2.92. The molecule has 0 amide bonds. The number of anilines is 1. The predicted octanol–water partition coefficient (Wildman–Crippen LogP) is 1.91. The van der Waals surface area contributed by atoms with E-state index in [0.717, 1.165) is 18.5 Å². The molecule has 0 aromatic carbocycles. The number of rotatable bonds is 7. The van der Waals surface area contributed by atoms with E-state index in [1.807, 2.05) is 13.8 Å². The molecule has 1 aromatic heterocycles. The lowest BCUT2D eigenvalue weighted by atomic mass is 10.1. The molecule has 0 aliphatic rings. The first-order valence-corrected chi connectivity index (χ1v) is 7.96. The summed E-state index contributed by atoms with van der Waals surface area (Å²) < 4.78 is 11.1. The van der Waals surface area contributed by atoms with Gasteiger partial charge in [-0.25, -0.2) is 9.78 Å². The molecule has 2 unspecified atom stereocenters. The number of aryl methyl sites for hydroxylation is 1. The Hall–Kier alpha value is -1.43. The topological polar surface area (TPSA) is 79.3 Å². The van der Waals surface area contributed by atoms with E-state index in [4.69, 9.17) is 5.11 Å². The number of carboxylic acid groups (broad SMARTS) is 1. The van der Waals surface area contributed by atoms with Gasteiger partial charge < -0.3 is 10.4 Å². The Bertz CT molecular complexity index is 477. The fraction of sp³-hybridized carbons (Fsp3) is 0.538. The van der Waals surface area contributed by atoms with E-state index in [9.17, 15) is 9.00 Å². The van der Waals surface area contributed by atoms with E-state index >= 15 is 0 Å². The lowest BCUT2D eigenvalue weighted by Crippen LogP contribution is -2.23. The average Bonchev–Trinajstić information content (AvgIpc) is 2.27. The second-order valence-corrected chi connectivity index (χ2v) is 6.05. The van der Waals surface area contributed by atoms with Crippen LogP contribution in [0.2, 0.25) is 0 Å². The Kier molecular flexibility index (Phi) is 5.95. The average molecular weight is 284 g/mol. The lowest BCUT2D eigenvalue weighted by Gasteiger charge is -2.14. The van der Waals surface area contributed by atoms with Crippen molar-refractivity contribution in [2.75, 3.05) is 17.3 Å². The van der Waals surface area contributed by atoms with Crippen LogP contribution in [0.15, 0.2) is 12.1 Å². The maximum atomic E-state index is 11.1. The van der Waals surface area contributed by atoms with Gasteiger partial charge in [0.05, 0.1) is 5.56 Å². The van der Waals surface area contributed by atoms with Gasteiger partial charge in [0.15, 0.2) is 0 Å². The first-order chi connectivity index (χ1) is 8.92. The summed E-state index contributed by atoms with van der Waals surface area (Å²) in [6, 6.07) is 3.09. The molecule has 0 aliphatic carbocycles. The zero-order chi connectivity index (χ0) is 14.4. The van der Waals surface area contributed by atoms with Crippen LogP contribution in [-0.2, 0) is 17.2 Å². The van der Waals surface area contributed by atoms with Crippen molar-refractivity contribution < 1.29 is 14.1 Å². The molecule has 1 rings (SSSR count). The van der Waals surface area contributed by atoms with Crippen molar-refractivity contribution in [3.63, 3.8) is 0 Å². The van der Waals surface area contributed by atoms with Gasteiger partial charge in [-0.05, 0) is 25.5 Å². The molecular weight excluding hydrogens is 264 g/mol. The van der Waals surface area contributed by atoms with Crippen molar-refractivity contribution in [1.29, 1.82) is 0 Å². The largest absolute Gasteiger partial charge is 0.478 e. The third kappa shape index (κ3) is 5.38. The maximum Gasteiger partial charge on any atom is 0.335 e. The second kappa shape index (κ2) is 7.23. The minimum absolute atomic E-state index is 0.0168. The van der Waals surface area contributed by atoms with Gasteiger partial charge in [-0.1, -0.05) is 13.3 Å². The molecule has 5 nitrogen and oxygen atoms in total.